The van der Waals surface area contributed by atoms with Gasteiger partial charge in [-0.1, -0.05) is 40.2 Å². The van der Waals surface area contributed by atoms with Crippen molar-refractivity contribution in [3.63, 3.8) is 0 Å². The average molecular weight is 396 g/mol. The van der Waals surface area contributed by atoms with Crippen LogP contribution in [0.3, 0.4) is 0 Å². The number of fused-ring (bicyclic) bond motifs is 1. The lowest BCUT2D eigenvalue weighted by Crippen LogP contribution is -1.95. The number of anilines is 2. The highest BCUT2D eigenvalue weighted by Gasteiger charge is 2.13. The lowest BCUT2D eigenvalue weighted by molar-refractivity contribution is 1.23. The Morgan fingerprint density at radius 1 is 1.04 bits per heavy atom. The van der Waals surface area contributed by atoms with Gasteiger partial charge in [0, 0.05) is 21.1 Å². The molecule has 0 aliphatic heterocycles. The Bertz CT molecular complexity index is 1010. The number of thiophene rings is 1. The van der Waals surface area contributed by atoms with Crippen molar-refractivity contribution in [3.05, 3.63) is 70.3 Å². The first-order valence-corrected chi connectivity index (χ1v) is 9.20. The topological polar surface area (TPSA) is 37.8 Å². The summed E-state index contributed by atoms with van der Waals surface area (Å²) in [5.74, 6) is 0.838. The third-order valence-corrected chi connectivity index (χ3v) is 5.22. The van der Waals surface area contributed by atoms with Crippen LogP contribution in [0.4, 0.5) is 11.5 Å². The number of nitrogens with zero attached hydrogens (tertiary/aromatic N) is 2. The number of hydrogen-bond donors (Lipinski definition) is 1. The summed E-state index contributed by atoms with van der Waals surface area (Å²) in [6.07, 6.45) is 1.61. The SMILES string of the molecule is Cc1cccc(Nc2ncnc3scc(-c4ccc(Br)cc4)c23)c1. The fourth-order valence-corrected chi connectivity index (χ4v) is 3.85. The summed E-state index contributed by atoms with van der Waals surface area (Å²) in [5.41, 5.74) is 4.55. The molecule has 0 aliphatic rings. The number of aryl methyl sites for hydroxylation is 1. The Labute approximate surface area is 152 Å². The number of nitrogens with one attached hydrogen (secondary N) is 1. The van der Waals surface area contributed by atoms with E-state index < -0.39 is 0 Å². The summed E-state index contributed by atoms with van der Waals surface area (Å²) < 4.78 is 1.07. The predicted molar refractivity (Wildman–Crippen MR) is 105 cm³/mol. The Hall–Kier alpha value is -2.24. The Morgan fingerprint density at radius 2 is 1.88 bits per heavy atom. The zero-order chi connectivity index (χ0) is 16.5. The van der Waals surface area contributed by atoms with Crippen LogP contribution in [0.1, 0.15) is 5.56 Å². The number of hydrogen-bond acceptors (Lipinski definition) is 4. The van der Waals surface area contributed by atoms with Crippen LogP contribution in [0.15, 0.2) is 64.7 Å². The van der Waals surface area contributed by atoms with E-state index in [4.69, 9.17) is 0 Å². The van der Waals surface area contributed by atoms with Gasteiger partial charge in [-0.2, -0.15) is 0 Å². The molecular weight excluding hydrogens is 382 g/mol. The van der Waals surface area contributed by atoms with Crippen molar-refractivity contribution >= 4 is 49.0 Å². The molecule has 2 aromatic carbocycles. The highest BCUT2D eigenvalue weighted by atomic mass is 79.9. The zero-order valence-corrected chi connectivity index (χ0v) is 15.4. The van der Waals surface area contributed by atoms with Gasteiger partial charge in [0.05, 0.1) is 5.39 Å². The molecule has 0 fully saturated rings. The molecule has 1 N–H and O–H groups in total. The fraction of sp³-hybridized carbons (Fsp3) is 0.0526. The van der Waals surface area contributed by atoms with E-state index in [0.29, 0.717) is 0 Å². The summed E-state index contributed by atoms with van der Waals surface area (Å²) in [6, 6.07) is 16.6. The number of rotatable bonds is 3. The highest BCUT2D eigenvalue weighted by Crippen LogP contribution is 2.37. The standard InChI is InChI=1S/C19H14BrN3S/c1-12-3-2-4-15(9-12)23-18-17-16(10-24-19(17)22-11-21-18)13-5-7-14(20)8-6-13/h2-11H,1H3,(H,21,22,23). The van der Waals surface area contributed by atoms with Crippen molar-refractivity contribution in [3.8, 4) is 11.1 Å². The number of halogens is 1. The second-order valence-electron chi connectivity index (χ2n) is 5.55. The first-order valence-electron chi connectivity index (χ1n) is 7.52. The van der Waals surface area contributed by atoms with E-state index in [9.17, 15) is 0 Å². The summed E-state index contributed by atoms with van der Waals surface area (Å²) in [6.45, 7) is 2.08. The van der Waals surface area contributed by atoms with Gasteiger partial charge in [0.15, 0.2) is 0 Å². The van der Waals surface area contributed by atoms with Crippen LogP contribution in [-0.2, 0) is 0 Å². The zero-order valence-electron chi connectivity index (χ0n) is 13.0. The molecule has 0 unspecified atom stereocenters. The molecule has 0 aliphatic carbocycles. The Balaban J connectivity index is 1.84. The lowest BCUT2D eigenvalue weighted by atomic mass is 10.1. The van der Waals surface area contributed by atoms with Gasteiger partial charge < -0.3 is 5.32 Å². The van der Waals surface area contributed by atoms with Gasteiger partial charge in [-0.15, -0.1) is 11.3 Å². The third kappa shape index (κ3) is 2.92. The number of benzene rings is 2. The molecule has 0 radical (unpaired) electrons. The molecule has 24 heavy (non-hydrogen) atoms. The molecule has 0 bridgehead atoms. The van der Waals surface area contributed by atoms with E-state index in [-0.39, 0.29) is 0 Å². The molecule has 2 aromatic heterocycles. The van der Waals surface area contributed by atoms with Crippen LogP contribution < -0.4 is 5.32 Å². The monoisotopic (exact) mass is 395 g/mol. The van der Waals surface area contributed by atoms with Gasteiger partial charge in [0.25, 0.3) is 0 Å². The molecule has 2 heterocycles. The van der Waals surface area contributed by atoms with Gasteiger partial charge in [0.2, 0.25) is 0 Å². The van der Waals surface area contributed by atoms with Gasteiger partial charge in [-0.3, -0.25) is 0 Å². The predicted octanol–water partition coefficient (Wildman–Crippen LogP) is 6.17. The van der Waals surface area contributed by atoms with Crippen LogP contribution in [0.2, 0.25) is 0 Å². The van der Waals surface area contributed by atoms with Crippen LogP contribution in [-0.4, -0.2) is 9.97 Å². The van der Waals surface area contributed by atoms with E-state index in [1.54, 1.807) is 17.7 Å². The molecule has 0 amide bonds. The summed E-state index contributed by atoms with van der Waals surface area (Å²) in [5, 5.41) is 6.65. The minimum absolute atomic E-state index is 0.838. The van der Waals surface area contributed by atoms with E-state index >= 15 is 0 Å². The van der Waals surface area contributed by atoms with Gasteiger partial charge in [-0.05, 0) is 42.3 Å². The maximum absolute atomic E-state index is 4.48. The summed E-state index contributed by atoms with van der Waals surface area (Å²) in [7, 11) is 0. The van der Waals surface area contributed by atoms with Crippen LogP contribution >= 0.6 is 27.3 Å². The minimum Gasteiger partial charge on any atom is -0.340 e. The highest BCUT2D eigenvalue weighted by molar-refractivity contribution is 9.10. The van der Waals surface area contributed by atoms with E-state index in [1.165, 1.54) is 5.56 Å². The second-order valence-corrected chi connectivity index (χ2v) is 7.33. The Morgan fingerprint density at radius 3 is 2.67 bits per heavy atom. The van der Waals surface area contributed by atoms with Crippen molar-refractivity contribution in [2.24, 2.45) is 0 Å². The Kier molecular flexibility index (Phi) is 4.04. The molecule has 4 aromatic rings. The minimum atomic E-state index is 0.838. The molecule has 0 atom stereocenters. The smallest absolute Gasteiger partial charge is 0.143 e. The van der Waals surface area contributed by atoms with Crippen molar-refractivity contribution < 1.29 is 0 Å². The summed E-state index contributed by atoms with van der Waals surface area (Å²) in [4.78, 5) is 9.89. The number of aromatic nitrogens is 2. The van der Waals surface area contributed by atoms with Gasteiger partial charge in [0.1, 0.15) is 17.0 Å². The normalized spacial score (nSPS) is 10.9. The van der Waals surface area contributed by atoms with Crippen LogP contribution in [0.5, 0.6) is 0 Å². The molecule has 0 saturated carbocycles. The fourth-order valence-electron chi connectivity index (χ4n) is 2.67. The van der Waals surface area contributed by atoms with Crippen molar-refractivity contribution in [1.82, 2.24) is 9.97 Å². The van der Waals surface area contributed by atoms with Gasteiger partial charge in [-0.25, -0.2) is 9.97 Å². The molecule has 0 spiro atoms. The molecule has 3 nitrogen and oxygen atoms in total. The quantitative estimate of drug-likeness (QED) is 0.450. The van der Waals surface area contributed by atoms with Gasteiger partial charge >= 0.3 is 0 Å². The first-order chi connectivity index (χ1) is 11.7. The average Bonchev–Trinajstić information content (AvgIpc) is 3.01. The summed E-state index contributed by atoms with van der Waals surface area (Å²) >= 11 is 5.13. The van der Waals surface area contributed by atoms with Crippen molar-refractivity contribution in [2.45, 2.75) is 6.92 Å². The van der Waals surface area contributed by atoms with E-state index in [2.05, 4.69) is 79.9 Å². The molecule has 118 valence electrons. The molecule has 5 heteroatoms. The van der Waals surface area contributed by atoms with Crippen molar-refractivity contribution in [1.29, 1.82) is 0 Å². The molecule has 4 rings (SSSR count). The maximum atomic E-state index is 4.48. The van der Waals surface area contributed by atoms with Crippen molar-refractivity contribution in [2.75, 3.05) is 5.32 Å². The third-order valence-electron chi connectivity index (χ3n) is 3.81. The molecule has 0 saturated heterocycles. The first kappa shape index (κ1) is 15.3. The van der Waals surface area contributed by atoms with Crippen LogP contribution in [0, 0.1) is 6.92 Å². The van der Waals surface area contributed by atoms with E-state index in [1.807, 2.05) is 12.1 Å². The van der Waals surface area contributed by atoms with E-state index in [0.717, 1.165) is 37.3 Å². The maximum Gasteiger partial charge on any atom is 0.143 e. The molecular formula is C19H14BrN3S. The van der Waals surface area contributed by atoms with Crippen LogP contribution in [0.25, 0.3) is 21.3 Å². The largest absolute Gasteiger partial charge is 0.340 e. The lowest BCUT2D eigenvalue weighted by Gasteiger charge is -2.09. The second kappa shape index (κ2) is 6.34.